The average molecular weight is 389 g/mol. The Bertz CT molecular complexity index is 714. The van der Waals surface area contributed by atoms with Crippen LogP contribution in [0.15, 0.2) is 18.2 Å². The molecule has 1 aromatic rings. The van der Waals surface area contributed by atoms with Gasteiger partial charge in [-0.05, 0) is 80.5 Å². The van der Waals surface area contributed by atoms with Crippen molar-refractivity contribution in [3.05, 3.63) is 34.3 Å². The Labute approximate surface area is 166 Å². The van der Waals surface area contributed by atoms with E-state index in [9.17, 15) is 9.59 Å². The van der Waals surface area contributed by atoms with E-state index in [0.29, 0.717) is 12.3 Å². The van der Waals surface area contributed by atoms with Gasteiger partial charge in [0, 0.05) is 31.1 Å². The molecule has 0 saturated carbocycles. The molecule has 0 bridgehead atoms. The molecule has 0 spiro atoms. The maximum absolute atomic E-state index is 13.1. The molecular weight excluding hydrogens is 360 g/mol. The van der Waals surface area contributed by atoms with Crippen LogP contribution < -0.4 is 0 Å². The van der Waals surface area contributed by atoms with Crippen molar-refractivity contribution in [2.24, 2.45) is 5.92 Å². The number of nitrogens with zero attached hydrogens (tertiary/aromatic N) is 2. The van der Waals surface area contributed by atoms with E-state index in [-0.39, 0.29) is 17.9 Å². The average Bonchev–Trinajstić information content (AvgIpc) is 3.22. The van der Waals surface area contributed by atoms with Crippen molar-refractivity contribution in [1.29, 1.82) is 0 Å². The highest BCUT2D eigenvalue weighted by atomic mass is 35.5. The van der Waals surface area contributed by atoms with Gasteiger partial charge < -0.3 is 9.80 Å². The van der Waals surface area contributed by atoms with E-state index < -0.39 is 0 Å². The number of halogens is 1. The number of amides is 2. The summed E-state index contributed by atoms with van der Waals surface area (Å²) in [6, 6.07) is 5.89. The molecule has 0 N–H and O–H groups in total. The summed E-state index contributed by atoms with van der Waals surface area (Å²) in [6.45, 7) is 2.46. The molecule has 2 saturated heterocycles. The lowest BCUT2D eigenvalue weighted by Gasteiger charge is -2.38. The summed E-state index contributed by atoms with van der Waals surface area (Å²) in [4.78, 5) is 29.9. The SMILES string of the molecule is O=C(C1CCCCN1C(=O)CC1CCc2cc(Cl)ccc2C1)N1CCCC1. The van der Waals surface area contributed by atoms with Crippen LogP contribution >= 0.6 is 11.6 Å². The summed E-state index contributed by atoms with van der Waals surface area (Å²) in [6.07, 6.45) is 8.60. The number of benzene rings is 1. The van der Waals surface area contributed by atoms with Crippen LogP contribution in [-0.4, -0.2) is 47.3 Å². The predicted molar refractivity (Wildman–Crippen MR) is 107 cm³/mol. The molecule has 1 aliphatic carbocycles. The van der Waals surface area contributed by atoms with Crippen molar-refractivity contribution >= 4 is 23.4 Å². The monoisotopic (exact) mass is 388 g/mol. The smallest absolute Gasteiger partial charge is 0.245 e. The van der Waals surface area contributed by atoms with Crippen molar-refractivity contribution in [2.45, 2.75) is 63.8 Å². The summed E-state index contributed by atoms with van der Waals surface area (Å²) in [5, 5.41) is 0.792. The second-order valence-electron chi connectivity index (χ2n) is 8.36. The summed E-state index contributed by atoms with van der Waals surface area (Å²) < 4.78 is 0. The third-order valence-electron chi connectivity index (χ3n) is 6.49. The molecule has 4 rings (SSSR count). The molecule has 0 aromatic heterocycles. The summed E-state index contributed by atoms with van der Waals surface area (Å²) in [5.74, 6) is 0.731. The van der Waals surface area contributed by atoms with E-state index in [1.54, 1.807) is 0 Å². The van der Waals surface area contributed by atoms with E-state index in [0.717, 1.165) is 76.0 Å². The van der Waals surface area contributed by atoms with Crippen molar-refractivity contribution in [1.82, 2.24) is 9.80 Å². The Morgan fingerprint density at radius 2 is 1.78 bits per heavy atom. The number of hydrogen-bond donors (Lipinski definition) is 0. The van der Waals surface area contributed by atoms with E-state index in [4.69, 9.17) is 11.6 Å². The Hall–Kier alpha value is -1.55. The predicted octanol–water partition coefficient (Wildman–Crippen LogP) is 3.84. The molecule has 146 valence electrons. The quantitative estimate of drug-likeness (QED) is 0.789. The summed E-state index contributed by atoms with van der Waals surface area (Å²) >= 11 is 6.10. The van der Waals surface area contributed by atoms with Gasteiger partial charge in [0.1, 0.15) is 6.04 Å². The number of likely N-dealkylation sites (tertiary alicyclic amines) is 2. The van der Waals surface area contributed by atoms with Crippen LogP contribution in [0.4, 0.5) is 0 Å². The van der Waals surface area contributed by atoms with Crippen LogP contribution in [0.3, 0.4) is 0 Å². The first-order chi connectivity index (χ1) is 13.1. The molecule has 2 unspecified atom stereocenters. The van der Waals surface area contributed by atoms with Crippen molar-refractivity contribution in [3.63, 3.8) is 0 Å². The first-order valence-electron chi connectivity index (χ1n) is 10.5. The lowest BCUT2D eigenvalue weighted by Crippen LogP contribution is -2.52. The molecule has 2 heterocycles. The second kappa shape index (κ2) is 8.22. The molecule has 1 aromatic carbocycles. The number of rotatable bonds is 3. The number of carbonyl (C=O) groups excluding carboxylic acids is 2. The van der Waals surface area contributed by atoms with Gasteiger partial charge in [0.25, 0.3) is 0 Å². The van der Waals surface area contributed by atoms with Gasteiger partial charge in [-0.15, -0.1) is 0 Å². The topological polar surface area (TPSA) is 40.6 Å². The molecule has 0 radical (unpaired) electrons. The third-order valence-corrected chi connectivity index (χ3v) is 6.72. The summed E-state index contributed by atoms with van der Waals surface area (Å²) in [7, 11) is 0. The molecule has 2 amide bonds. The number of carbonyl (C=O) groups is 2. The molecule has 5 heteroatoms. The largest absolute Gasteiger partial charge is 0.341 e. The zero-order valence-corrected chi connectivity index (χ0v) is 16.7. The maximum atomic E-state index is 13.1. The highest BCUT2D eigenvalue weighted by Gasteiger charge is 2.36. The fraction of sp³-hybridized carbons (Fsp3) is 0.636. The van der Waals surface area contributed by atoms with Crippen LogP contribution in [0, 0.1) is 5.92 Å². The number of fused-ring (bicyclic) bond motifs is 1. The zero-order chi connectivity index (χ0) is 18.8. The molecule has 27 heavy (non-hydrogen) atoms. The molecule has 4 nitrogen and oxygen atoms in total. The fourth-order valence-electron chi connectivity index (χ4n) is 4.97. The van der Waals surface area contributed by atoms with E-state index >= 15 is 0 Å². The highest BCUT2D eigenvalue weighted by molar-refractivity contribution is 6.30. The normalized spacial score (nSPS) is 25.4. The van der Waals surface area contributed by atoms with Crippen molar-refractivity contribution < 1.29 is 9.59 Å². The van der Waals surface area contributed by atoms with Gasteiger partial charge >= 0.3 is 0 Å². The van der Waals surface area contributed by atoms with E-state index in [1.165, 1.54) is 11.1 Å². The third kappa shape index (κ3) is 4.16. The van der Waals surface area contributed by atoms with Crippen molar-refractivity contribution in [2.75, 3.05) is 19.6 Å². The van der Waals surface area contributed by atoms with Crippen LogP contribution in [0.25, 0.3) is 0 Å². The van der Waals surface area contributed by atoms with Crippen molar-refractivity contribution in [3.8, 4) is 0 Å². The Balaban J connectivity index is 1.40. The first kappa shape index (κ1) is 18.8. The first-order valence-corrected chi connectivity index (χ1v) is 10.8. The highest BCUT2D eigenvalue weighted by Crippen LogP contribution is 2.31. The Kier molecular flexibility index (Phi) is 5.72. The standard InChI is InChI=1S/C22H29ClN2O2/c23-19-9-8-17-13-16(6-7-18(17)15-19)14-21(26)25-12-2-1-5-20(25)22(27)24-10-3-4-11-24/h8-9,15-16,20H,1-7,10-14H2. The summed E-state index contributed by atoms with van der Waals surface area (Å²) in [5.41, 5.74) is 2.65. The Morgan fingerprint density at radius 1 is 1.00 bits per heavy atom. The van der Waals surface area contributed by atoms with Gasteiger partial charge in [0.15, 0.2) is 0 Å². The van der Waals surface area contributed by atoms with Gasteiger partial charge in [0.05, 0.1) is 0 Å². The number of hydrogen-bond acceptors (Lipinski definition) is 2. The molecular formula is C22H29ClN2O2. The maximum Gasteiger partial charge on any atom is 0.245 e. The van der Waals surface area contributed by atoms with Crippen LogP contribution in [-0.2, 0) is 22.4 Å². The lowest BCUT2D eigenvalue weighted by molar-refractivity contribution is -0.147. The molecule has 2 atom stereocenters. The van der Waals surface area contributed by atoms with Crippen LogP contribution in [0.1, 0.15) is 56.1 Å². The molecule has 2 aliphatic heterocycles. The minimum atomic E-state index is -0.223. The van der Waals surface area contributed by atoms with E-state index in [1.807, 2.05) is 15.9 Å². The minimum absolute atomic E-state index is 0.176. The van der Waals surface area contributed by atoms with Crippen LogP contribution in [0.5, 0.6) is 0 Å². The molecule has 2 fully saturated rings. The van der Waals surface area contributed by atoms with Gasteiger partial charge in [-0.25, -0.2) is 0 Å². The van der Waals surface area contributed by atoms with Gasteiger partial charge in [-0.3, -0.25) is 9.59 Å². The van der Waals surface area contributed by atoms with Crippen LogP contribution in [0.2, 0.25) is 5.02 Å². The zero-order valence-electron chi connectivity index (χ0n) is 16.0. The van der Waals surface area contributed by atoms with Gasteiger partial charge in [0.2, 0.25) is 11.8 Å². The number of piperidine rings is 1. The lowest BCUT2D eigenvalue weighted by atomic mass is 9.82. The van der Waals surface area contributed by atoms with Gasteiger partial charge in [-0.1, -0.05) is 17.7 Å². The molecule has 3 aliphatic rings. The second-order valence-corrected chi connectivity index (χ2v) is 8.79. The van der Waals surface area contributed by atoms with E-state index in [2.05, 4.69) is 12.1 Å². The Morgan fingerprint density at radius 3 is 2.59 bits per heavy atom. The van der Waals surface area contributed by atoms with Gasteiger partial charge in [-0.2, -0.15) is 0 Å². The number of aryl methyl sites for hydroxylation is 1. The fourth-order valence-corrected chi connectivity index (χ4v) is 5.17. The minimum Gasteiger partial charge on any atom is -0.341 e.